The quantitative estimate of drug-likeness (QED) is 0.318. The van der Waals surface area contributed by atoms with E-state index < -0.39 is 0 Å². The zero-order chi connectivity index (χ0) is 23.1. The van der Waals surface area contributed by atoms with E-state index in [0.717, 1.165) is 33.2 Å². The molecule has 164 valence electrons. The van der Waals surface area contributed by atoms with Gasteiger partial charge in [0.05, 0.1) is 18.4 Å². The Balaban J connectivity index is 1.50. The summed E-state index contributed by atoms with van der Waals surface area (Å²) < 4.78 is 11.6. The molecule has 33 heavy (non-hydrogen) atoms. The Labute approximate surface area is 191 Å². The fourth-order valence-electron chi connectivity index (χ4n) is 4.28. The molecule has 1 N–H and O–H groups in total. The van der Waals surface area contributed by atoms with Crippen LogP contribution < -0.4 is 5.32 Å². The van der Waals surface area contributed by atoms with Gasteiger partial charge < -0.3 is 14.2 Å². The highest BCUT2D eigenvalue weighted by Gasteiger charge is 2.24. The van der Waals surface area contributed by atoms with Crippen molar-refractivity contribution in [2.45, 2.75) is 27.2 Å². The molecule has 0 atom stereocenters. The van der Waals surface area contributed by atoms with Crippen LogP contribution in [0.1, 0.15) is 38.4 Å². The van der Waals surface area contributed by atoms with Gasteiger partial charge in [-0.05, 0) is 50.1 Å². The molecule has 0 radical (unpaired) electrons. The topological polar surface area (TPSA) is 72.5 Å². The van der Waals surface area contributed by atoms with E-state index in [0.29, 0.717) is 22.2 Å². The first-order valence-electron chi connectivity index (χ1n) is 10.8. The van der Waals surface area contributed by atoms with Crippen molar-refractivity contribution in [3.05, 3.63) is 101 Å². The van der Waals surface area contributed by atoms with Gasteiger partial charge in [-0.15, -0.1) is 0 Å². The summed E-state index contributed by atoms with van der Waals surface area (Å²) in [6, 6.07) is 18.6. The number of anilines is 1. The molecule has 0 fully saturated rings. The fourth-order valence-corrected chi connectivity index (χ4v) is 4.28. The Morgan fingerprint density at radius 2 is 1.64 bits per heavy atom. The summed E-state index contributed by atoms with van der Waals surface area (Å²) in [5, 5.41) is 4.57. The summed E-state index contributed by atoms with van der Waals surface area (Å²) >= 11 is 0. The second kappa shape index (κ2) is 8.10. The van der Waals surface area contributed by atoms with E-state index in [4.69, 9.17) is 8.83 Å². The number of hydrogen-bond donors (Lipinski definition) is 1. The SMILES string of the molecule is Cc1ccc(C(=O)c2oc3ccccc3c2NC(=O)Cc2coc3cc(C)cc(C)c23)cc1. The van der Waals surface area contributed by atoms with Gasteiger partial charge >= 0.3 is 0 Å². The maximum atomic E-state index is 13.2. The first-order valence-corrected chi connectivity index (χ1v) is 10.8. The first-order chi connectivity index (χ1) is 15.9. The van der Waals surface area contributed by atoms with Crippen LogP contribution in [0.5, 0.6) is 0 Å². The number of benzene rings is 3. The van der Waals surface area contributed by atoms with Gasteiger partial charge in [0.2, 0.25) is 11.7 Å². The number of fused-ring (bicyclic) bond motifs is 2. The van der Waals surface area contributed by atoms with Gasteiger partial charge in [0.1, 0.15) is 11.2 Å². The highest BCUT2D eigenvalue weighted by atomic mass is 16.3. The van der Waals surface area contributed by atoms with E-state index >= 15 is 0 Å². The van der Waals surface area contributed by atoms with E-state index in [1.807, 2.05) is 57.2 Å². The number of carbonyl (C=O) groups excluding carboxylic acids is 2. The van der Waals surface area contributed by atoms with Gasteiger partial charge in [-0.25, -0.2) is 0 Å². The Kier molecular flexibility index (Phi) is 5.09. The first kappa shape index (κ1) is 20.8. The lowest BCUT2D eigenvalue weighted by Crippen LogP contribution is -2.16. The summed E-state index contributed by atoms with van der Waals surface area (Å²) in [5.41, 5.74) is 6.23. The van der Waals surface area contributed by atoms with Crippen molar-refractivity contribution in [3.8, 4) is 0 Å². The maximum absolute atomic E-state index is 13.2. The molecule has 0 spiro atoms. The number of amides is 1. The number of para-hydroxylation sites is 1. The molecule has 5 nitrogen and oxygen atoms in total. The maximum Gasteiger partial charge on any atom is 0.230 e. The van der Waals surface area contributed by atoms with Gasteiger partial charge in [-0.3, -0.25) is 9.59 Å². The molecule has 0 aliphatic rings. The predicted molar refractivity (Wildman–Crippen MR) is 129 cm³/mol. The van der Waals surface area contributed by atoms with Crippen molar-refractivity contribution in [2.24, 2.45) is 0 Å². The molecule has 2 aromatic heterocycles. The molecule has 2 heterocycles. The van der Waals surface area contributed by atoms with Crippen LogP contribution in [-0.2, 0) is 11.2 Å². The van der Waals surface area contributed by atoms with Crippen molar-refractivity contribution < 1.29 is 18.4 Å². The number of furan rings is 2. The second-order valence-corrected chi connectivity index (χ2v) is 8.44. The molecule has 0 saturated carbocycles. The Hall–Kier alpha value is -4.12. The van der Waals surface area contributed by atoms with Crippen LogP contribution in [0.15, 0.2) is 75.8 Å². The van der Waals surface area contributed by atoms with Gasteiger partial charge in [-0.1, -0.05) is 48.0 Å². The van der Waals surface area contributed by atoms with E-state index in [1.54, 1.807) is 24.5 Å². The van der Waals surface area contributed by atoms with Crippen LogP contribution in [0.3, 0.4) is 0 Å². The smallest absolute Gasteiger partial charge is 0.230 e. The van der Waals surface area contributed by atoms with Crippen LogP contribution in [0, 0.1) is 20.8 Å². The van der Waals surface area contributed by atoms with Crippen LogP contribution in [-0.4, -0.2) is 11.7 Å². The molecule has 1 amide bonds. The highest BCUT2D eigenvalue weighted by molar-refractivity contribution is 6.17. The average Bonchev–Trinajstić information content (AvgIpc) is 3.35. The zero-order valence-corrected chi connectivity index (χ0v) is 18.7. The lowest BCUT2D eigenvalue weighted by molar-refractivity contribution is -0.115. The van der Waals surface area contributed by atoms with Gasteiger partial charge in [0.25, 0.3) is 0 Å². The number of ketones is 1. The Morgan fingerprint density at radius 3 is 2.42 bits per heavy atom. The van der Waals surface area contributed by atoms with Crippen molar-refractivity contribution in [1.82, 2.24) is 0 Å². The Morgan fingerprint density at radius 1 is 0.879 bits per heavy atom. The summed E-state index contributed by atoms with van der Waals surface area (Å²) in [5.74, 6) is -0.402. The molecular formula is C28H23NO4. The summed E-state index contributed by atoms with van der Waals surface area (Å²) in [7, 11) is 0. The monoisotopic (exact) mass is 437 g/mol. The largest absolute Gasteiger partial charge is 0.464 e. The molecule has 0 saturated heterocycles. The molecule has 0 aliphatic heterocycles. The van der Waals surface area contributed by atoms with Gasteiger partial charge in [0.15, 0.2) is 5.76 Å². The lowest BCUT2D eigenvalue weighted by Gasteiger charge is -2.07. The van der Waals surface area contributed by atoms with Crippen LogP contribution >= 0.6 is 0 Å². The predicted octanol–water partition coefficient (Wildman–Crippen LogP) is 6.52. The third-order valence-corrected chi connectivity index (χ3v) is 5.82. The normalized spacial score (nSPS) is 11.2. The van der Waals surface area contributed by atoms with Gasteiger partial charge in [0, 0.05) is 21.9 Å². The van der Waals surface area contributed by atoms with Crippen LogP contribution in [0.2, 0.25) is 0 Å². The van der Waals surface area contributed by atoms with E-state index in [-0.39, 0.29) is 23.9 Å². The van der Waals surface area contributed by atoms with E-state index in [2.05, 4.69) is 11.4 Å². The molecule has 3 aromatic carbocycles. The molecule has 0 bridgehead atoms. The van der Waals surface area contributed by atoms with Crippen molar-refractivity contribution >= 4 is 39.3 Å². The molecule has 0 unspecified atom stereocenters. The minimum absolute atomic E-state index is 0.120. The Bertz CT molecular complexity index is 1520. The van der Waals surface area contributed by atoms with Crippen molar-refractivity contribution in [2.75, 3.05) is 5.32 Å². The van der Waals surface area contributed by atoms with Crippen LogP contribution in [0.4, 0.5) is 5.69 Å². The molecule has 5 aromatic rings. The summed E-state index contributed by atoms with van der Waals surface area (Å²) in [6.45, 7) is 5.98. The van der Waals surface area contributed by atoms with E-state index in [9.17, 15) is 9.59 Å². The molecule has 5 rings (SSSR count). The summed E-state index contributed by atoms with van der Waals surface area (Å²) in [6.07, 6.45) is 1.75. The van der Waals surface area contributed by atoms with E-state index in [1.165, 1.54) is 0 Å². The summed E-state index contributed by atoms with van der Waals surface area (Å²) in [4.78, 5) is 26.3. The zero-order valence-electron chi connectivity index (χ0n) is 18.7. The molecule has 0 aliphatic carbocycles. The van der Waals surface area contributed by atoms with Crippen molar-refractivity contribution in [1.29, 1.82) is 0 Å². The molecule has 5 heteroatoms. The molecular weight excluding hydrogens is 414 g/mol. The minimum atomic E-state index is -0.276. The highest BCUT2D eigenvalue weighted by Crippen LogP contribution is 2.33. The minimum Gasteiger partial charge on any atom is -0.464 e. The van der Waals surface area contributed by atoms with Crippen LogP contribution in [0.25, 0.3) is 21.9 Å². The number of hydrogen-bond acceptors (Lipinski definition) is 4. The third-order valence-electron chi connectivity index (χ3n) is 5.82. The number of aryl methyl sites for hydroxylation is 3. The second-order valence-electron chi connectivity index (χ2n) is 8.44. The average molecular weight is 437 g/mol. The number of nitrogens with one attached hydrogen (secondary N) is 1. The third kappa shape index (κ3) is 3.82. The standard InChI is InChI=1S/C28H23NO4/c1-16-8-10-19(11-9-16)27(31)28-26(21-6-4-5-7-22(21)33-28)29-24(30)14-20-15-32-23-13-17(2)12-18(3)25(20)23/h4-13,15H,14H2,1-3H3,(H,29,30). The number of carbonyl (C=O) groups is 2. The lowest BCUT2D eigenvalue weighted by atomic mass is 10.0. The fraction of sp³-hybridized carbons (Fsp3) is 0.143. The van der Waals surface area contributed by atoms with Gasteiger partial charge in [-0.2, -0.15) is 0 Å². The number of rotatable bonds is 5. The van der Waals surface area contributed by atoms with Crippen molar-refractivity contribution in [3.63, 3.8) is 0 Å².